The quantitative estimate of drug-likeness (QED) is 0.762. The molecule has 1 saturated carbocycles. The fourth-order valence-corrected chi connectivity index (χ4v) is 4.48. The van der Waals surface area contributed by atoms with Gasteiger partial charge in [0.1, 0.15) is 0 Å². The number of hydrogen-bond donors (Lipinski definition) is 1. The SMILES string of the molecule is CCN(CC)S(=O)(=O)N1CCCC(CNC2CC2)C1. The Labute approximate surface area is 117 Å². The number of nitrogens with one attached hydrogen (secondary N) is 1. The summed E-state index contributed by atoms with van der Waals surface area (Å²) in [7, 11) is -3.24. The molecule has 1 unspecified atom stereocenters. The van der Waals surface area contributed by atoms with Crippen molar-refractivity contribution >= 4 is 10.2 Å². The van der Waals surface area contributed by atoms with Gasteiger partial charge in [-0.25, -0.2) is 0 Å². The van der Waals surface area contributed by atoms with Crippen molar-refractivity contribution in [2.24, 2.45) is 5.92 Å². The lowest BCUT2D eigenvalue weighted by Gasteiger charge is -2.35. The van der Waals surface area contributed by atoms with Gasteiger partial charge in [0.15, 0.2) is 0 Å². The first-order valence-electron chi connectivity index (χ1n) is 7.56. The van der Waals surface area contributed by atoms with Gasteiger partial charge in [-0.05, 0) is 38.1 Å². The maximum Gasteiger partial charge on any atom is 0.281 e. The smallest absolute Gasteiger partial charge is 0.281 e. The Morgan fingerprint density at radius 2 is 1.89 bits per heavy atom. The highest BCUT2D eigenvalue weighted by molar-refractivity contribution is 7.86. The minimum Gasteiger partial charge on any atom is -0.314 e. The Kier molecular flexibility index (Phi) is 5.22. The van der Waals surface area contributed by atoms with Crippen molar-refractivity contribution in [2.75, 3.05) is 32.7 Å². The molecule has 5 nitrogen and oxygen atoms in total. The number of piperidine rings is 1. The summed E-state index contributed by atoms with van der Waals surface area (Å²) in [6.45, 7) is 7.24. The molecular formula is C13H27N3O2S. The lowest BCUT2D eigenvalue weighted by atomic mass is 10.00. The molecule has 1 N–H and O–H groups in total. The molecule has 2 fully saturated rings. The van der Waals surface area contributed by atoms with Crippen LogP contribution in [0.15, 0.2) is 0 Å². The van der Waals surface area contributed by atoms with E-state index >= 15 is 0 Å². The van der Waals surface area contributed by atoms with Crippen LogP contribution in [-0.4, -0.2) is 55.8 Å². The van der Waals surface area contributed by atoms with E-state index < -0.39 is 10.2 Å². The summed E-state index contributed by atoms with van der Waals surface area (Å²) in [5.41, 5.74) is 0. The van der Waals surface area contributed by atoms with Gasteiger partial charge in [-0.1, -0.05) is 13.8 Å². The second kappa shape index (κ2) is 6.52. The van der Waals surface area contributed by atoms with Crippen LogP contribution in [0.2, 0.25) is 0 Å². The molecule has 0 bridgehead atoms. The van der Waals surface area contributed by atoms with Gasteiger partial charge in [0.25, 0.3) is 10.2 Å². The third-order valence-electron chi connectivity index (χ3n) is 4.11. The topological polar surface area (TPSA) is 52.7 Å². The zero-order valence-electron chi connectivity index (χ0n) is 12.1. The van der Waals surface area contributed by atoms with Crippen molar-refractivity contribution < 1.29 is 8.42 Å². The summed E-state index contributed by atoms with van der Waals surface area (Å²) in [5.74, 6) is 0.472. The van der Waals surface area contributed by atoms with Crippen LogP contribution in [0.5, 0.6) is 0 Å². The molecule has 112 valence electrons. The molecule has 1 atom stereocenters. The molecule has 19 heavy (non-hydrogen) atoms. The molecule has 0 spiro atoms. The van der Waals surface area contributed by atoms with Gasteiger partial charge in [-0.3, -0.25) is 0 Å². The Morgan fingerprint density at radius 1 is 1.21 bits per heavy atom. The number of nitrogens with zero attached hydrogens (tertiary/aromatic N) is 2. The molecule has 2 aliphatic rings. The lowest BCUT2D eigenvalue weighted by molar-refractivity contribution is 0.243. The van der Waals surface area contributed by atoms with E-state index in [1.165, 1.54) is 12.8 Å². The van der Waals surface area contributed by atoms with Crippen molar-refractivity contribution in [2.45, 2.75) is 45.6 Å². The van der Waals surface area contributed by atoms with Crippen molar-refractivity contribution in [1.82, 2.24) is 13.9 Å². The Bertz CT molecular complexity index is 377. The first-order valence-corrected chi connectivity index (χ1v) is 8.96. The maximum atomic E-state index is 12.5. The van der Waals surface area contributed by atoms with Gasteiger partial charge in [0.05, 0.1) is 0 Å². The zero-order chi connectivity index (χ0) is 13.9. The standard InChI is InChI=1S/C13H27N3O2S/c1-3-15(4-2)19(17,18)16-9-5-6-12(11-16)10-14-13-7-8-13/h12-14H,3-11H2,1-2H3. The van der Waals surface area contributed by atoms with Crippen LogP contribution in [0.4, 0.5) is 0 Å². The van der Waals surface area contributed by atoms with E-state index in [4.69, 9.17) is 0 Å². The van der Waals surface area contributed by atoms with Crippen LogP contribution in [-0.2, 0) is 10.2 Å². The largest absolute Gasteiger partial charge is 0.314 e. The predicted molar refractivity (Wildman–Crippen MR) is 77.2 cm³/mol. The second-order valence-corrected chi connectivity index (χ2v) is 7.57. The van der Waals surface area contributed by atoms with E-state index in [9.17, 15) is 8.42 Å². The lowest BCUT2D eigenvalue weighted by Crippen LogP contribution is -2.49. The van der Waals surface area contributed by atoms with E-state index in [2.05, 4.69) is 5.32 Å². The molecule has 0 aromatic rings. The van der Waals surface area contributed by atoms with Crippen molar-refractivity contribution in [3.63, 3.8) is 0 Å². The number of hydrogen-bond acceptors (Lipinski definition) is 3. The summed E-state index contributed by atoms with van der Waals surface area (Å²) in [6, 6.07) is 0.703. The van der Waals surface area contributed by atoms with E-state index in [1.54, 1.807) is 8.61 Å². The van der Waals surface area contributed by atoms with E-state index in [-0.39, 0.29) is 0 Å². The molecule has 0 aromatic heterocycles. The third kappa shape index (κ3) is 3.90. The van der Waals surface area contributed by atoms with Crippen molar-refractivity contribution in [3.05, 3.63) is 0 Å². The Hall–Kier alpha value is -0.170. The van der Waals surface area contributed by atoms with Crippen LogP contribution in [0.1, 0.15) is 39.5 Å². The van der Waals surface area contributed by atoms with Gasteiger partial charge >= 0.3 is 0 Å². The van der Waals surface area contributed by atoms with Gasteiger partial charge in [0, 0.05) is 32.2 Å². The molecular weight excluding hydrogens is 262 g/mol. The second-order valence-electron chi connectivity index (χ2n) is 5.64. The summed E-state index contributed by atoms with van der Waals surface area (Å²) in [4.78, 5) is 0. The normalized spacial score (nSPS) is 25.9. The molecule has 1 aliphatic carbocycles. The molecule has 1 heterocycles. The van der Waals surface area contributed by atoms with Crippen molar-refractivity contribution in [1.29, 1.82) is 0 Å². The van der Waals surface area contributed by atoms with Crippen LogP contribution < -0.4 is 5.32 Å². The average Bonchev–Trinajstić information content (AvgIpc) is 3.22. The highest BCUT2D eigenvalue weighted by Crippen LogP contribution is 2.23. The van der Waals surface area contributed by atoms with Gasteiger partial charge in [-0.2, -0.15) is 17.0 Å². The van der Waals surface area contributed by atoms with Crippen LogP contribution in [0.3, 0.4) is 0 Å². The molecule has 2 rings (SSSR count). The Morgan fingerprint density at radius 3 is 2.47 bits per heavy atom. The first-order chi connectivity index (χ1) is 9.07. The highest BCUT2D eigenvalue weighted by atomic mass is 32.2. The average molecular weight is 289 g/mol. The predicted octanol–water partition coefficient (Wildman–Crippen LogP) is 1.04. The van der Waals surface area contributed by atoms with Crippen LogP contribution >= 0.6 is 0 Å². The summed E-state index contributed by atoms with van der Waals surface area (Å²) in [5, 5.41) is 3.52. The molecule has 6 heteroatoms. The maximum absolute atomic E-state index is 12.5. The summed E-state index contributed by atoms with van der Waals surface area (Å²) in [6.07, 6.45) is 4.70. The van der Waals surface area contributed by atoms with E-state index in [0.717, 1.165) is 19.4 Å². The first kappa shape index (κ1) is 15.2. The molecule has 0 aromatic carbocycles. The van der Waals surface area contributed by atoms with Crippen molar-refractivity contribution in [3.8, 4) is 0 Å². The monoisotopic (exact) mass is 289 g/mol. The van der Waals surface area contributed by atoms with E-state index in [0.29, 0.717) is 38.1 Å². The molecule has 1 saturated heterocycles. The van der Waals surface area contributed by atoms with Gasteiger partial charge in [-0.15, -0.1) is 0 Å². The zero-order valence-corrected chi connectivity index (χ0v) is 13.0. The minimum atomic E-state index is -3.24. The number of rotatable bonds is 7. The Balaban J connectivity index is 1.91. The van der Waals surface area contributed by atoms with Gasteiger partial charge < -0.3 is 5.32 Å². The van der Waals surface area contributed by atoms with Crippen LogP contribution in [0.25, 0.3) is 0 Å². The molecule has 0 amide bonds. The fourth-order valence-electron chi connectivity index (χ4n) is 2.74. The van der Waals surface area contributed by atoms with Gasteiger partial charge in [0.2, 0.25) is 0 Å². The highest BCUT2D eigenvalue weighted by Gasteiger charge is 2.32. The summed E-state index contributed by atoms with van der Waals surface area (Å²) >= 11 is 0. The third-order valence-corrected chi connectivity index (χ3v) is 6.27. The summed E-state index contributed by atoms with van der Waals surface area (Å²) < 4.78 is 28.2. The fraction of sp³-hybridized carbons (Fsp3) is 1.00. The minimum absolute atomic E-state index is 0.472. The van der Waals surface area contributed by atoms with Crippen LogP contribution in [0, 0.1) is 5.92 Å². The molecule has 1 aliphatic heterocycles. The molecule has 0 radical (unpaired) electrons. The van der Waals surface area contributed by atoms with E-state index in [1.807, 2.05) is 13.8 Å².